The SMILES string of the molecule is COc1ccc(-c2nc(COC(=O)c3ccco3)cs2)cc1OC. The molecule has 0 atom stereocenters. The van der Waals surface area contributed by atoms with Crippen molar-refractivity contribution >= 4 is 17.3 Å². The van der Waals surface area contributed by atoms with Crippen LogP contribution in [0.3, 0.4) is 0 Å². The number of rotatable bonds is 6. The Morgan fingerprint density at radius 3 is 2.75 bits per heavy atom. The molecule has 0 aliphatic heterocycles. The molecule has 2 aromatic heterocycles. The van der Waals surface area contributed by atoms with Crippen LogP contribution in [0.1, 0.15) is 16.2 Å². The summed E-state index contributed by atoms with van der Waals surface area (Å²) in [6.45, 7) is 0.0866. The minimum atomic E-state index is -0.513. The van der Waals surface area contributed by atoms with E-state index in [1.54, 1.807) is 26.4 Å². The highest BCUT2D eigenvalue weighted by Crippen LogP contribution is 2.33. The second-order valence-electron chi connectivity index (χ2n) is 4.77. The number of ether oxygens (including phenoxy) is 3. The summed E-state index contributed by atoms with van der Waals surface area (Å²) in [5.74, 6) is 0.951. The topological polar surface area (TPSA) is 70.8 Å². The van der Waals surface area contributed by atoms with E-state index in [0.717, 1.165) is 10.6 Å². The summed E-state index contributed by atoms with van der Waals surface area (Å²) in [6.07, 6.45) is 1.43. The maximum atomic E-state index is 11.7. The highest BCUT2D eigenvalue weighted by molar-refractivity contribution is 7.13. The Morgan fingerprint density at radius 2 is 2.04 bits per heavy atom. The van der Waals surface area contributed by atoms with E-state index >= 15 is 0 Å². The van der Waals surface area contributed by atoms with Crippen molar-refractivity contribution in [3.63, 3.8) is 0 Å². The van der Waals surface area contributed by atoms with Crippen molar-refractivity contribution in [2.24, 2.45) is 0 Å². The van der Waals surface area contributed by atoms with E-state index in [4.69, 9.17) is 18.6 Å². The monoisotopic (exact) mass is 345 g/mol. The Bertz CT molecular complexity index is 825. The molecule has 6 nitrogen and oxygen atoms in total. The van der Waals surface area contributed by atoms with E-state index in [0.29, 0.717) is 17.2 Å². The Hall–Kier alpha value is -2.80. The van der Waals surface area contributed by atoms with Crippen molar-refractivity contribution in [1.82, 2.24) is 4.98 Å². The summed E-state index contributed by atoms with van der Waals surface area (Å²) >= 11 is 1.46. The van der Waals surface area contributed by atoms with Gasteiger partial charge in [-0.3, -0.25) is 0 Å². The van der Waals surface area contributed by atoms with Gasteiger partial charge in [0.15, 0.2) is 11.5 Å². The summed E-state index contributed by atoms with van der Waals surface area (Å²) in [4.78, 5) is 16.2. The standard InChI is InChI=1S/C17H15NO5S/c1-20-13-6-5-11(8-15(13)21-2)16-18-12(10-24-16)9-23-17(19)14-4-3-7-22-14/h3-8,10H,9H2,1-2H3. The lowest BCUT2D eigenvalue weighted by Gasteiger charge is -2.08. The van der Waals surface area contributed by atoms with Gasteiger partial charge in [0.25, 0.3) is 0 Å². The van der Waals surface area contributed by atoms with Gasteiger partial charge >= 0.3 is 5.97 Å². The van der Waals surface area contributed by atoms with Crippen molar-refractivity contribution in [3.8, 4) is 22.1 Å². The van der Waals surface area contributed by atoms with Crippen LogP contribution in [0, 0.1) is 0 Å². The fourth-order valence-electron chi connectivity index (χ4n) is 2.08. The number of furan rings is 1. The van der Waals surface area contributed by atoms with E-state index in [9.17, 15) is 4.79 Å². The summed E-state index contributed by atoms with van der Waals surface area (Å²) in [5, 5.41) is 2.65. The molecule has 1 aromatic carbocycles. The average Bonchev–Trinajstić information content (AvgIpc) is 3.30. The highest BCUT2D eigenvalue weighted by Gasteiger charge is 2.13. The number of aromatic nitrogens is 1. The van der Waals surface area contributed by atoms with Gasteiger partial charge in [0, 0.05) is 10.9 Å². The fraction of sp³-hybridized carbons (Fsp3) is 0.176. The van der Waals surface area contributed by atoms with Crippen molar-refractivity contribution < 1.29 is 23.4 Å². The summed E-state index contributed by atoms with van der Waals surface area (Å²) in [6, 6.07) is 8.77. The number of carbonyl (C=O) groups is 1. The summed E-state index contributed by atoms with van der Waals surface area (Å²) < 4.78 is 20.7. The van der Waals surface area contributed by atoms with Crippen LogP contribution in [0.15, 0.2) is 46.4 Å². The number of hydrogen-bond donors (Lipinski definition) is 0. The Labute approximate surface area is 142 Å². The first-order valence-corrected chi connectivity index (χ1v) is 7.96. The predicted octanol–water partition coefficient (Wildman–Crippen LogP) is 3.78. The number of methoxy groups -OCH3 is 2. The predicted molar refractivity (Wildman–Crippen MR) is 88.5 cm³/mol. The molecular formula is C17H15NO5S. The molecule has 3 aromatic rings. The second-order valence-corrected chi connectivity index (χ2v) is 5.63. The molecule has 0 bridgehead atoms. The summed E-state index contributed by atoms with van der Waals surface area (Å²) in [7, 11) is 3.18. The number of carbonyl (C=O) groups excluding carboxylic acids is 1. The van der Waals surface area contributed by atoms with Gasteiger partial charge in [-0.15, -0.1) is 11.3 Å². The third-order valence-electron chi connectivity index (χ3n) is 3.26. The number of esters is 1. The number of benzene rings is 1. The molecule has 2 heterocycles. The zero-order valence-electron chi connectivity index (χ0n) is 13.1. The molecule has 7 heteroatoms. The largest absolute Gasteiger partial charge is 0.493 e. The van der Waals surface area contributed by atoms with Crippen LogP contribution < -0.4 is 9.47 Å². The first-order chi connectivity index (χ1) is 11.7. The highest BCUT2D eigenvalue weighted by atomic mass is 32.1. The molecule has 0 radical (unpaired) electrons. The maximum absolute atomic E-state index is 11.7. The van der Waals surface area contributed by atoms with Crippen LogP contribution in [0.25, 0.3) is 10.6 Å². The zero-order valence-corrected chi connectivity index (χ0v) is 14.0. The molecule has 0 aliphatic carbocycles. The van der Waals surface area contributed by atoms with Crippen LogP contribution in [0.4, 0.5) is 0 Å². The molecule has 24 heavy (non-hydrogen) atoms. The zero-order chi connectivity index (χ0) is 16.9. The lowest BCUT2D eigenvalue weighted by molar-refractivity contribution is 0.0432. The Balaban J connectivity index is 1.70. The summed E-state index contributed by atoms with van der Waals surface area (Å²) in [5.41, 5.74) is 1.57. The van der Waals surface area contributed by atoms with Gasteiger partial charge in [-0.05, 0) is 30.3 Å². The minimum absolute atomic E-state index is 0.0866. The molecule has 0 aliphatic rings. The van der Waals surface area contributed by atoms with Gasteiger partial charge in [0.1, 0.15) is 11.6 Å². The normalized spacial score (nSPS) is 10.4. The maximum Gasteiger partial charge on any atom is 0.374 e. The third kappa shape index (κ3) is 3.41. The average molecular weight is 345 g/mol. The van der Waals surface area contributed by atoms with Gasteiger partial charge in [0.2, 0.25) is 5.76 Å². The smallest absolute Gasteiger partial charge is 0.374 e. The molecular weight excluding hydrogens is 330 g/mol. The quantitative estimate of drug-likeness (QED) is 0.633. The lowest BCUT2D eigenvalue weighted by atomic mass is 10.2. The van der Waals surface area contributed by atoms with Crippen molar-refractivity contribution in [2.45, 2.75) is 6.61 Å². The number of hydrogen-bond acceptors (Lipinski definition) is 7. The molecule has 0 spiro atoms. The van der Waals surface area contributed by atoms with E-state index < -0.39 is 5.97 Å². The van der Waals surface area contributed by atoms with Crippen LogP contribution in [0.5, 0.6) is 11.5 Å². The molecule has 124 valence electrons. The Kier molecular flexibility index (Phi) is 4.81. The van der Waals surface area contributed by atoms with Crippen LogP contribution in [0.2, 0.25) is 0 Å². The minimum Gasteiger partial charge on any atom is -0.493 e. The second kappa shape index (κ2) is 7.18. The van der Waals surface area contributed by atoms with E-state index in [1.165, 1.54) is 17.6 Å². The van der Waals surface area contributed by atoms with Gasteiger partial charge in [-0.2, -0.15) is 0 Å². The van der Waals surface area contributed by atoms with E-state index in [1.807, 2.05) is 23.6 Å². The van der Waals surface area contributed by atoms with Gasteiger partial charge < -0.3 is 18.6 Å². The molecule has 0 saturated heterocycles. The third-order valence-corrected chi connectivity index (χ3v) is 4.20. The van der Waals surface area contributed by atoms with Gasteiger partial charge in [-0.25, -0.2) is 9.78 Å². The number of thiazole rings is 1. The van der Waals surface area contributed by atoms with Crippen molar-refractivity contribution in [3.05, 3.63) is 53.4 Å². The van der Waals surface area contributed by atoms with Gasteiger partial charge in [-0.1, -0.05) is 0 Å². The van der Waals surface area contributed by atoms with Crippen LogP contribution >= 0.6 is 11.3 Å². The number of nitrogens with zero attached hydrogens (tertiary/aromatic N) is 1. The molecule has 0 saturated carbocycles. The van der Waals surface area contributed by atoms with E-state index in [-0.39, 0.29) is 12.4 Å². The lowest BCUT2D eigenvalue weighted by Crippen LogP contribution is -2.04. The van der Waals surface area contributed by atoms with Gasteiger partial charge in [0.05, 0.1) is 26.2 Å². The molecule has 0 N–H and O–H groups in total. The molecule has 0 fully saturated rings. The molecule has 0 amide bonds. The molecule has 3 rings (SSSR count). The van der Waals surface area contributed by atoms with Crippen molar-refractivity contribution in [2.75, 3.05) is 14.2 Å². The van der Waals surface area contributed by atoms with Crippen molar-refractivity contribution in [1.29, 1.82) is 0 Å². The first-order valence-electron chi connectivity index (χ1n) is 7.08. The first kappa shape index (κ1) is 16.1. The molecule has 0 unspecified atom stereocenters. The van der Waals surface area contributed by atoms with Crippen LogP contribution in [-0.2, 0) is 11.3 Å². The van der Waals surface area contributed by atoms with E-state index in [2.05, 4.69) is 4.98 Å². The Morgan fingerprint density at radius 1 is 1.21 bits per heavy atom. The van der Waals surface area contributed by atoms with Crippen LogP contribution in [-0.4, -0.2) is 25.2 Å². The fourth-order valence-corrected chi connectivity index (χ4v) is 2.88.